The second-order valence-corrected chi connectivity index (χ2v) is 10.4. The van der Waals surface area contributed by atoms with Gasteiger partial charge in [-0.05, 0) is 47.7 Å². The molecule has 192 valence electrons. The van der Waals surface area contributed by atoms with E-state index in [-0.39, 0.29) is 11.5 Å². The van der Waals surface area contributed by atoms with Gasteiger partial charge in [-0.15, -0.1) is 0 Å². The van der Waals surface area contributed by atoms with Gasteiger partial charge in [-0.3, -0.25) is 9.89 Å². The molecule has 1 aliphatic rings. The maximum absolute atomic E-state index is 12.0. The zero-order valence-electron chi connectivity index (χ0n) is 22.2. The number of hydrogen-bond donors (Lipinski definition) is 1. The number of aromatic nitrogens is 1. The van der Waals surface area contributed by atoms with Crippen molar-refractivity contribution in [3.63, 3.8) is 0 Å². The lowest BCUT2D eigenvalue weighted by atomic mass is 9.82. The summed E-state index contributed by atoms with van der Waals surface area (Å²) in [6, 6.07) is 14.3. The van der Waals surface area contributed by atoms with Crippen molar-refractivity contribution in [2.75, 3.05) is 20.8 Å². The summed E-state index contributed by atoms with van der Waals surface area (Å²) in [6.07, 6.45) is 0.996. The summed E-state index contributed by atoms with van der Waals surface area (Å²) in [5.41, 5.74) is 5.14. The molecule has 0 radical (unpaired) electrons. The number of amides is 1. The van der Waals surface area contributed by atoms with Crippen molar-refractivity contribution >= 4 is 22.7 Å². The van der Waals surface area contributed by atoms with Crippen LogP contribution in [-0.2, 0) is 13.1 Å². The van der Waals surface area contributed by atoms with E-state index in [2.05, 4.69) is 56.5 Å². The predicted molar refractivity (Wildman–Crippen MR) is 144 cm³/mol. The minimum absolute atomic E-state index is 0.203. The Hall–Kier alpha value is -3.48. The SMILES string of the molecule is CCCC(=NCc1ccc(OC)cc1OC)c1ccc2c(c1)cc1n2CCN(C(=O)O)C1C(C)(C)C. The fourth-order valence-electron chi connectivity index (χ4n) is 5.28. The van der Waals surface area contributed by atoms with E-state index < -0.39 is 6.09 Å². The normalized spacial score (nSPS) is 16.2. The van der Waals surface area contributed by atoms with Gasteiger partial charge >= 0.3 is 6.09 Å². The zero-order valence-corrected chi connectivity index (χ0v) is 22.2. The van der Waals surface area contributed by atoms with Crippen LogP contribution in [0.4, 0.5) is 4.79 Å². The summed E-state index contributed by atoms with van der Waals surface area (Å²) in [5.74, 6) is 1.52. The number of aliphatic imine (C=N–C) groups is 1. The monoisotopic (exact) mass is 491 g/mol. The molecule has 0 aliphatic carbocycles. The first kappa shape index (κ1) is 25.6. The van der Waals surface area contributed by atoms with Crippen molar-refractivity contribution in [3.8, 4) is 11.5 Å². The first-order valence-electron chi connectivity index (χ1n) is 12.5. The molecule has 1 atom stereocenters. The van der Waals surface area contributed by atoms with Crippen molar-refractivity contribution in [2.24, 2.45) is 10.4 Å². The van der Waals surface area contributed by atoms with Gasteiger partial charge in [0.2, 0.25) is 0 Å². The van der Waals surface area contributed by atoms with Crippen LogP contribution >= 0.6 is 0 Å². The van der Waals surface area contributed by atoms with E-state index in [4.69, 9.17) is 14.5 Å². The van der Waals surface area contributed by atoms with E-state index in [9.17, 15) is 9.90 Å². The maximum atomic E-state index is 12.0. The Kier molecular flexibility index (Phi) is 7.29. The highest BCUT2D eigenvalue weighted by molar-refractivity contribution is 6.03. The minimum atomic E-state index is -0.863. The van der Waals surface area contributed by atoms with Gasteiger partial charge in [0.05, 0.1) is 26.8 Å². The lowest BCUT2D eigenvalue weighted by Gasteiger charge is -2.42. The van der Waals surface area contributed by atoms with E-state index in [0.29, 0.717) is 19.6 Å². The van der Waals surface area contributed by atoms with Gasteiger partial charge in [0.25, 0.3) is 0 Å². The van der Waals surface area contributed by atoms with Crippen LogP contribution in [0.25, 0.3) is 10.9 Å². The minimum Gasteiger partial charge on any atom is -0.497 e. The van der Waals surface area contributed by atoms with E-state index in [1.807, 2.05) is 18.2 Å². The standard InChI is InChI=1S/C29H37N3O4/c1-7-8-23(30-18-20-9-11-22(35-5)17-26(20)36-6)19-10-12-24-21(15-19)16-25-27(29(2,3)4)32(28(33)34)14-13-31(24)25/h9-12,15-17,27H,7-8,13-14,18H2,1-6H3,(H,33,34). The molecule has 1 amide bonds. The van der Waals surface area contributed by atoms with Gasteiger partial charge in [0.1, 0.15) is 11.5 Å². The fraction of sp³-hybridized carbons (Fsp3) is 0.448. The smallest absolute Gasteiger partial charge is 0.407 e. The number of hydrogen-bond acceptors (Lipinski definition) is 4. The molecule has 3 aromatic rings. The molecule has 1 aromatic heterocycles. The molecule has 4 rings (SSSR count). The molecule has 7 heteroatoms. The second-order valence-electron chi connectivity index (χ2n) is 10.4. The lowest BCUT2D eigenvalue weighted by Crippen LogP contribution is -2.46. The molecule has 36 heavy (non-hydrogen) atoms. The van der Waals surface area contributed by atoms with Crippen LogP contribution in [0.2, 0.25) is 0 Å². The van der Waals surface area contributed by atoms with E-state index in [1.165, 1.54) is 0 Å². The van der Waals surface area contributed by atoms with Crippen molar-refractivity contribution in [1.29, 1.82) is 0 Å². The van der Waals surface area contributed by atoms with Crippen LogP contribution in [0.5, 0.6) is 11.5 Å². The molecule has 0 saturated carbocycles. The Morgan fingerprint density at radius 3 is 2.50 bits per heavy atom. The van der Waals surface area contributed by atoms with Crippen molar-refractivity contribution in [2.45, 2.75) is 59.7 Å². The molecular formula is C29H37N3O4. The van der Waals surface area contributed by atoms with Crippen molar-refractivity contribution in [3.05, 3.63) is 59.3 Å². The zero-order chi connectivity index (χ0) is 26.0. The summed E-state index contributed by atoms with van der Waals surface area (Å²) in [4.78, 5) is 18.6. The quantitative estimate of drug-likeness (QED) is 0.381. The van der Waals surface area contributed by atoms with E-state index in [0.717, 1.165) is 57.8 Å². The summed E-state index contributed by atoms with van der Waals surface area (Å²) in [7, 11) is 3.30. The topological polar surface area (TPSA) is 76.3 Å². The number of fused-ring (bicyclic) bond motifs is 3. The molecule has 0 bridgehead atoms. The first-order valence-corrected chi connectivity index (χ1v) is 12.5. The number of nitrogens with zero attached hydrogens (tertiary/aromatic N) is 3. The summed E-state index contributed by atoms with van der Waals surface area (Å²) in [5, 5.41) is 11.0. The number of carboxylic acid groups (broad SMARTS) is 1. The second kappa shape index (κ2) is 10.2. The molecule has 7 nitrogen and oxygen atoms in total. The molecule has 1 aliphatic heterocycles. The van der Waals surface area contributed by atoms with Gasteiger partial charge in [0.15, 0.2) is 0 Å². The Morgan fingerprint density at radius 1 is 1.08 bits per heavy atom. The number of methoxy groups -OCH3 is 2. The molecule has 2 aromatic carbocycles. The van der Waals surface area contributed by atoms with Crippen molar-refractivity contribution < 1.29 is 19.4 Å². The number of rotatable bonds is 7. The largest absolute Gasteiger partial charge is 0.497 e. The van der Waals surface area contributed by atoms with Gasteiger partial charge < -0.3 is 19.1 Å². The van der Waals surface area contributed by atoms with Gasteiger partial charge in [-0.25, -0.2) is 4.79 Å². The fourth-order valence-corrected chi connectivity index (χ4v) is 5.28. The first-order chi connectivity index (χ1) is 17.2. The summed E-state index contributed by atoms with van der Waals surface area (Å²) in [6.45, 7) is 10.1. The highest BCUT2D eigenvalue weighted by Crippen LogP contribution is 2.42. The molecule has 2 heterocycles. The van der Waals surface area contributed by atoms with E-state index in [1.54, 1.807) is 19.1 Å². The van der Waals surface area contributed by atoms with Crippen LogP contribution in [0.3, 0.4) is 0 Å². The van der Waals surface area contributed by atoms with Crippen LogP contribution in [0, 0.1) is 5.41 Å². The maximum Gasteiger partial charge on any atom is 0.407 e. The lowest BCUT2D eigenvalue weighted by molar-refractivity contribution is 0.0640. The third kappa shape index (κ3) is 4.92. The Morgan fingerprint density at radius 2 is 1.86 bits per heavy atom. The Balaban J connectivity index is 1.72. The highest BCUT2D eigenvalue weighted by Gasteiger charge is 2.39. The van der Waals surface area contributed by atoms with Crippen LogP contribution in [0.1, 0.15) is 63.4 Å². The van der Waals surface area contributed by atoms with E-state index >= 15 is 0 Å². The molecular weight excluding hydrogens is 454 g/mol. The predicted octanol–water partition coefficient (Wildman–Crippen LogP) is 6.53. The van der Waals surface area contributed by atoms with Crippen molar-refractivity contribution in [1.82, 2.24) is 9.47 Å². The van der Waals surface area contributed by atoms with Gasteiger partial charge in [-0.1, -0.05) is 40.2 Å². The molecule has 1 unspecified atom stereocenters. The number of ether oxygens (including phenoxy) is 2. The highest BCUT2D eigenvalue weighted by atomic mass is 16.5. The third-order valence-corrected chi connectivity index (χ3v) is 6.91. The average Bonchev–Trinajstić information content (AvgIpc) is 3.22. The Labute approximate surface area is 213 Å². The summed E-state index contributed by atoms with van der Waals surface area (Å²) < 4.78 is 13.2. The molecule has 0 fully saturated rings. The number of benzene rings is 2. The molecule has 1 N–H and O–H groups in total. The Bertz CT molecular complexity index is 1290. The molecule has 0 saturated heterocycles. The average molecular weight is 492 g/mol. The van der Waals surface area contributed by atoms with Crippen LogP contribution < -0.4 is 9.47 Å². The van der Waals surface area contributed by atoms with Crippen LogP contribution in [-0.4, -0.2) is 47.1 Å². The third-order valence-electron chi connectivity index (χ3n) is 6.91. The summed E-state index contributed by atoms with van der Waals surface area (Å²) >= 11 is 0. The van der Waals surface area contributed by atoms with Crippen LogP contribution in [0.15, 0.2) is 47.5 Å². The van der Waals surface area contributed by atoms with Gasteiger partial charge in [-0.2, -0.15) is 0 Å². The molecule has 0 spiro atoms. The van der Waals surface area contributed by atoms with Gasteiger partial charge in [0, 0.05) is 47.0 Å². The number of carbonyl (C=O) groups is 1.